The second-order valence-electron chi connectivity index (χ2n) is 8.78. The van der Waals surface area contributed by atoms with E-state index in [4.69, 9.17) is 9.15 Å². The van der Waals surface area contributed by atoms with E-state index in [0.29, 0.717) is 19.6 Å². The molecule has 0 aliphatic carbocycles. The molecule has 0 bridgehead atoms. The maximum atomic E-state index is 12.8. The van der Waals surface area contributed by atoms with Gasteiger partial charge in [-0.15, -0.1) is 0 Å². The van der Waals surface area contributed by atoms with E-state index < -0.39 is 5.60 Å². The topological polar surface area (TPSA) is 75.0 Å². The number of nitrogens with one attached hydrogen (secondary N) is 1. The molecular formula is C21H33N3O4. The molecule has 1 aromatic heterocycles. The van der Waals surface area contributed by atoms with Crippen LogP contribution in [0.5, 0.6) is 0 Å². The van der Waals surface area contributed by atoms with Crippen molar-refractivity contribution in [2.45, 2.75) is 58.1 Å². The summed E-state index contributed by atoms with van der Waals surface area (Å²) in [7, 11) is 0. The average molecular weight is 392 g/mol. The number of carbonyl (C=O) groups excluding carboxylic acids is 2. The van der Waals surface area contributed by atoms with E-state index in [-0.39, 0.29) is 24.0 Å². The van der Waals surface area contributed by atoms with Gasteiger partial charge in [-0.2, -0.15) is 0 Å². The van der Waals surface area contributed by atoms with Crippen LogP contribution < -0.4 is 5.32 Å². The van der Waals surface area contributed by atoms with Crippen molar-refractivity contribution in [2.75, 3.05) is 32.7 Å². The predicted octanol–water partition coefficient (Wildman–Crippen LogP) is 3.18. The summed E-state index contributed by atoms with van der Waals surface area (Å²) < 4.78 is 11.1. The Morgan fingerprint density at radius 2 is 2.00 bits per heavy atom. The fourth-order valence-electron chi connectivity index (χ4n) is 3.97. The number of rotatable bonds is 5. The number of ether oxygens (including phenoxy) is 1. The van der Waals surface area contributed by atoms with Gasteiger partial charge < -0.3 is 19.4 Å². The molecule has 0 aromatic carbocycles. The molecule has 1 N–H and O–H groups in total. The Balaban J connectivity index is 1.55. The van der Waals surface area contributed by atoms with Crippen LogP contribution in [0, 0.1) is 5.92 Å². The molecule has 7 nitrogen and oxygen atoms in total. The maximum Gasteiger partial charge on any atom is 0.410 e. The summed E-state index contributed by atoms with van der Waals surface area (Å²) in [5, 5.41) is 3.11. The molecule has 0 unspecified atom stereocenters. The summed E-state index contributed by atoms with van der Waals surface area (Å²) in [5.74, 6) is 0.697. The lowest BCUT2D eigenvalue weighted by molar-refractivity contribution is -0.126. The Bertz CT molecular complexity index is 647. The monoisotopic (exact) mass is 391 g/mol. The minimum Gasteiger partial charge on any atom is -0.468 e. The lowest BCUT2D eigenvalue weighted by Crippen LogP contribution is -2.48. The van der Waals surface area contributed by atoms with E-state index in [2.05, 4.69) is 10.2 Å². The first-order valence-corrected chi connectivity index (χ1v) is 10.4. The Kier molecular flexibility index (Phi) is 6.65. The van der Waals surface area contributed by atoms with Crippen LogP contribution in [0.3, 0.4) is 0 Å². The molecule has 3 rings (SSSR count). The highest BCUT2D eigenvalue weighted by Crippen LogP contribution is 2.25. The van der Waals surface area contributed by atoms with Gasteiger partial charge in [0.05, 0.1) is 18.2 Å². The molecule has 2 aliphatic rings. The quantitative estimate of drug-likeness (QED) is 0.834. The Labute approximate surface area is 167 Å². The smallest absolute Gasteiger partial charge is 0.410 e. The number of nitrogens with zero attached hydrogens (tertiary/aromatic N) is 2. The Morgan fingerprint density at radius 3 is 2.64 bits per heavy atom. The largest absolute Gasteiger partial charge is 0.468 e. The van der Waals surface area contributed by atoms with Gasteiger partial charge in [-0.25, -0.2) is 4.79 Å². The molecule has 2 saturated heterocycles. The van der Waals surface area contributed by atoms with Gasteiger partial charge in [0.25, 0.3) is 0 Å². The van der Waals surface area contributed by atoms with Crippen LogP contribution >= 0.6 is 0 Å². The van der Waals surface area contributed by atoms with Crippen molar-refractivity contribution in [3.8, 4) is 0 Å². The summed E-state index contributed by atoms with van der Waals surface area (Å²) in [6.45, 7) is 9.19. The van der Waals surface area contributed by atoms with Crippen molar-refractivity contribution < 1.29 is 18.7 Å². The van der Waals surface area contributed by atoms with Crippen LogP contribution in [-0.4, -0.2) is 60.1 Å². The predicted molar refractivity (Wildman–Crippen MR) is 106 cm³/mol. The molecule has 2 amide bonds. The third-order valence-electron chi connectivity index (χ3n) is 5.37. The molecule has 0 spiro atoms. The number of furan rings is 1. The van der Waals surface area contributed by atoms with E-state index in [1.807, 2.05) is 32.9 Å². The third-order valence-corrected chi connectivity index (χ3v) is 5.37. The summed E-state index contributed by atoms with van der Waals surface area (Å²) in [5.41, 5.74) is -0.529. The van der Waals surface area contributed by atoms with Crippen LogP contribution in [0.15, 0.2) is 22.8 Å². The second kappa shape index (κ2) is 8.99. The minimum atomic E-state index is -0.529. The van der Waals surface area contributed by atoms with Crippen LogP contribution in [0.2, 0.25) is 0 Å². The highest BCUT2D eigenvalue weighted by Gasteiger charge is 2.32. The molecule has 156 valence electrons. The number of hydrogen-bond donors (Lipinski definition) is 1. The number of amides is 2. The van der Waals surface area contributed by atoms with Gasteiger partial charge in [0.2, 0.25) is 5.91 Å². The fourth-order valence-corrected chi connectivity index (χ4v) is 3.97. The highest BCUT2D eigenvalue weighted by molar-refractivity contribution is 5.80. The summed E-state index contributed by atoms with van der Waals surface area (Å²) >= 11 is 0. The van der Waals surface area contributed by atoms with Gasteiger partial charge in [0.1, 0.15) is 11.4 Å². The molecule has 1 aromatic rings. The summed E-state index contributed by atoms with van der Waals surface area (Å²) in [6, 6.07) is 3.92. The van der Waals surface area contributed by atoms with Crippen molar-refractivity contribution in [3.63, 3.8) is 0 Å². The van der Waals surface area contributed by atoms with Gasteiger partial charge in [0, 0.05) is 19.6 Å². The van der Waals surface area contributed by atoms with Crippen molar-refractivity contribution >= 4 is 12.0 Å². The van der Waals surface area contributed by atoms with E-state index >= 15 is 0 Å². The van der Waals surface area contributed by atoms with Crippen molar-refractivity contribution in [1.82, 2.24) is 15.1 Å². The van der Waals surface area contributed by atoms with Crippen molar-refractivity contribution in [1.29, 1.82) is 0 Å². The third kappa shape index (κ3) is 5.50. The zero-order valence-corrected chi connectivity index (χ0v) is 17.3. The van der Waals surface area contributed by atoms with Gasteiger partial charge in [-0.05, 0) is 71.7 Å². The first kappa shape index (κ1) is 20.7. The van der Waals surface area contributed by atoms with Gasteiger partial charge >= 0.3 is 6.09 Å². The molecule has 28 heavy (non-hydrogen) atoms. The number of carbonyl (C=O) groups is 2. The van der Waals surface area contributed by atoms with E-state index in [1.165, 1.54) is 12.8 Å². The molecule has 0 saturated carbocycles. The molecule has 2 fully saturated rings. The van der Waals surface area contributed by atoms with E-state index in [0.717, 1.165) is 31.7 Å². The van der Waals surface area contributed by atoms with Gasteiger partial charge in [0.15, 0.2) is 0 Å². The van der Waals surface area contributed by atoms with E-state index in [9.17, 15) is 9.59 Å². The Morgan fingerprint density at radius 1 is 1.25 bits per heavy atom. The lowest BCUT2D eigenvalue weighted by Gasteiger charge is -2.34. The van der Waals surface area contributed by atoms with Crippen LogP contribution in [-0.2, 0) is 9.53 Å². The SMILES string of the molecule is CC(C)(C)OC(=O)N1CCC[C@@H](C(=O)NC[C@@H](c2ccco2)N2CCCC2)C1. The van der Waals surface area contributed by atoms with Crippen molar-refractivity contribution in [3.05, 3.63) is 24.2 Å². The lowest BCUT2D eigenvalue weighted by atomic mass is 9.97. The average Bonchev–Trinajstić information content (AvgIpc) is 3.35. The van der Waals surface area contributed by atoms with Gasteiger partial charge in [-0.3, -0.25) is 9.69 Å². The van der Waals surface area contributed by atoms with Crippen LogP contribution in [0.4, 0.5) is 4.79 Å². The molecular weight excluding hydrogens is 358 g/mol. The fraction of sp³-hybridized carbons (Fsp3) is 0.714. The molecule has 3 heterocycles. The summed E-state index contributed by atoms with van der Waals surface area (Å²) in [6.07, 6.45) is 5.30. The zero-order valence-electron chi connectivity index (χ0n) is 17.3. The van der Waals surface area contributed by atoms with Crippen molar-refractivity contribution in [2.24, 2.45) is 5.92 Å². The number of likely N-dealkylation sites (tertiary alicyclic amines) is 2. The molecule has 7 heteroatoms. The highest BCUT2D eigenvalue weighted by atomic mass is 16.6. The normalized spacial score (nSPS) is 22.1. The zero-order chi connectivity index (χ0) is 20.1. The van der Waals surface area contributed by atoms with Crippen LogP contribution in [0.1, 0.15) is 58.3 Å². The minimum absolute atomic E-state index is 0.00371. The molecule has 0 radical (unpaired) electrons. The second-order valence-corrected chi connectivity index (χ2v) is 8.78. The molecule has 2 aliphatic heterocycles. The summed E-state index contributed by atoms with van der Waals surface area (Å²) in [4.78, 5) is 29.2. The van der Waals surface area contributed by atoms with Gasteiger partial charge in [-0.1, -0.05) is 0 Å². The number of hydrogen-bond acceptors (Lipinski definition) is 5. The first-order chi connectivity index (χ1) is 13.3. The maximum absolute atomic E-state index is 12.8. The number of piperidine rings is 1. The van der Waals surface area contributed by atoms with E-state index in [1.54, 1.807) is 11.2 Å². The Hall–Kier alpha value is -2.02. The molecule has 2 atom stereocenters. The first-order valence-electron chi connectivity index (χ1n) is 10.4. The van der Waals surface area contributed by atoms with Crippen LogP contribution in [0.25, 0.3) is 0 Å². The standard InChI is InChI=1S/C21H33N3O4/c1-21(2,3)28-20(26)24-12-6-8-16(15-24)19(25)22-14-17(18-9-7-13-27-18)23-10-4-5-11-23/h7,9,13,16-17H,4-6,8,10-12,14-15H2,1-3H3,(H,22,25)/t16-,17+/m1/s1.